The van der Waals surface area contributed by atoms with Gasteiger partial charge in [-0.15, -0.1) is 0 Å². The van der Waals surface area contributed by atoms with E-state index in [2.05, 4.69) is 20.9 Å². The van der Waals surface area contributed by atoms with Gasteiger partial charge in [-0.05, 0) is 53.0 Å². The van der Waals surface area contributed by atoms with E-state index < -0.39 is 0 Å². The topological polar surface area (TPSA) is 46.3 Å². The summed E-state index contributed by atoms with van der Waals surface area (Å²) in [6.45, 7) is 0.512. The van der Waals surface area contributed by atoms with Crippen LogP contribution < -0.4 is 0 Å². The number of hydrogen-bond donors (Lipinski definition) is 0. The Hall–Kier alpha value is -1.62. The Bertz CT molecular complexity index is 606. The molecule has 0 atom stereocenters. The number of nitrogens with zero attached hydrogens (tertiary/aromatic N) is 2. The Balaban J connectivity index is 1.87. The first-order valence-electron chi connectivity index (χ1n) is 7.19. The summed E-state index contributed by atoms with van der Waals surface area (Å²) in [4.78, 5) is 19.0. The normalized spacial score (nSPS) is 15.3. The summed E-state index contributed by atoms with van der Waals surface area (Å²) in [5.41, 5.74) is 0.607. The molecule has 0 bridgehead atoms. The van der Waals surface area contributed by atoms with Gasteiger partial charge in [0.1, 0.15) is 10.4 Å². The summed E-state index contributed by atoms with van der Waals surface area (Å²) in [6.07, 6.45) is 7.80. The molecule has 0 N–H and O–H groups in total. The van der Waals surface area contributed by atoms with Crippen molar-refractivity contribution in [2.75, 3.05) is 0 Å². The van der Waals surface area contributed by atoms with Crippen molar-refractivity contribution in [3.63, 3.8) is 0 Å². The summed E-state index contributed by atoms with van der Waals surface area (Å²) in [7, 11) is 0. The fourth-order valence-electron chi connectivity index (χ4n) is 2.85. The first-order chi connectivity index (χ1) is 10.3. The molecule has 4 nitrogen and oxygen atoms in total. The molecule has 1 aliphatic carbocycles. The number of hydrogen-bond acceptors (Lipinski definition) is 3. The van der Waals surface area contributed by atoms with Gasteiger partial charge in [0.25, 0.3) is 5.91 Å². The van der Waals surface area contributed by atoms with E-state index in [1.165, 1.54) is 12.8 Å². The third-order valence-corrected chi connectivity index (χ3v) is 4.55. The lowest BCUT2D eigenvalue weighted by Gasteiger charge is -2.28. The van der Waals surface area contributed by atoms with Crippen LogP contribution in [0.25, 0.3) is 0 Å². The van der Waals surface area contributed by atoms with Gasteiger partial charge in [0, 0.05) is 12.2 Å². The Morgan fingerprint density at radius 1 is 1.33 bits per heavy atom. The minimum absolute atomic E-state index is 0.0123. The first kappa shape index (κ1) is 14.3. The average molecular weight is 349 g/mol. The van der Waals surface area contributed by atoms with Crippen LogP contribution >= 0.6 is 15.9 Å². The van der Waals surface area contributed by atoms with Gasteiger partial charge in [0.05, 0.1) is 18.4 Å². The highest BCUT2D eigenvalue weighted by Gasteiger charge is 2.29. The smallest absolute Gasteiger partial charge is 0.257 e. The summed E-state index contributed by atoms with van der Waals surface area (Å²) >= 11 is 3.37. The van der Waals surface area contributed by atoms with Crippen LogP contribution in [-0.4, -0.2) is 21.8 Å². The number of rotatable bonds is 4. The predicted molar refractivity (Wildman–Crippen MR) is 82.8 cm³/mol. The van der Waals surface area contributed by atoms with E-state index in [0.717, 1.165) is 18.6 Å². The van der Waals surface area contributed by atoms with E-state index in [0.29, 0.717) is 16.7 Å². The molecular weight excluding hydrogens is 332 g/mol. The lowest BCUT2D eigenvalue weighted by molar-refractivity contribution is 0.0647. The zero-order valence-corrected chi connectivity index (χ0v) is 13.3. The highest BCUT2D eigenvalue weighted by molar-refractivity contribution is 9.10. The molecule has 0 unspecified atom stereocenters. The van der Waals surface area contributed by atoms with Gasteiger partial charge in [0.2, 0.25) is 0 Å². The molecule has 110 valence electrons. The molecule has 0 saturated heterocycles. The van der Waals surface area contributed by atoms with Crippen molar-refractivity contribution in [2.24, 2.45) is 0 Å². The number of carbonyl (C=O) groups is 1. The maximum absolute atomic E-state index is 12.9. The van der Waals surface area contributed by atoms with Gasteiger partial charge < -0.3 is 9.32 Å². The van der Waals surface area contributed by atoms with Gasteiger partial charge in [-0.2, -0.15) is 0 Å². The SMILES string of the molecule is O=C(c1cccnc1Br)N(Cc1ccco1)C1CCCC1. The molecule has 0 aromatic carbocycles. The van der Waals surface area contributed by atoms with E-state index in [4.69, 9.17) is 4.42 Å². The molecule has 0 aliphatic heterocycles. The van der Waals surface area contributed by atoms with E-state index >= 15 is 0 Å². The Kier molecular flexibility index (Phi) is 4.39. The number of halogens is 1. The molecule has 5 heteroatoms. The third-order valence-electron chi connectivity index (χ3n) is 3.92. The van der Waals surface area contributed by atoms with Crippen LogP contribution in [0.5, 0.6) is 0 Å². The zero-order chi connectivity index (χ0) is 14.7. The Morgan fingerprint density at radius 2 is 2.14 bits per heavy atom. The number of amides is 1. The number of furan rings is 1. The monoisotopic (exact) mass is 348 g/mol. The first-order valence-corrected chi connectivity index (χ1v) is 7.99. The maximum atomic E-state index is 12.9. The Labute approximate surface area is 132 Å². The van der Waals surface area contributed by atoms with Crippen molar-refractivity contribution in [2.45, 2.75) is 38.3 Å². The summed E-state index contributed by atoms with van der Waals surface area (Å²) in [6, 6.07) is 7.65. The number of carbonyl (C=O) groups excluding carboxylic acids is 1. The fourth-order valence-corrected chi connectivity index (χ4v) is 3.27. The molecule has 0 radical (unpaired) electrons. The van der Waals surface area contributed by atoms with Crippen molar-refractivity contribution in [3.8, 4) is 0 Å². The molecule has 1 fully saturated rings. The predicted octanol–water partition coefficient (Wildman–Crippen LogP) is 4.02. The molecule has 21 heavy (non-hydrogen) atoms. The van der Waals surface area contributed by atoms with Gasteiger partial charge in [-0.25, -0.2) is 4.98 Å². The number of aromatic nitrogens is 1. The lowest BCUT2D eigenvalue weighted by Crippen LogP contribution is -2.38. The van der Waals surface area contributed by atoms with Crippen molar-refractivity contribution in [1.29, 1.82) is 0 Å². The van der Waals surface area contributed by atoms with Crippen LogP contribution in [-0.2, 0) is 6.54 Å². The molecule has 0 spiro atoms. The second-order valence-corrected chi connectivity index (χ2v) is 6.04. The maximum Gasteiger partial charge on any atom is 0.257 e. The highest BCUT2D eigenvalue weighted by Crippen LogP contribution is 2.27. The van der Waals surface area contributed by atoms with Crippen LogP contribution in [0.4, 0.5) is 0 Å². The molecule has 1 amide bonds. The average Bonchev–Trinajstić information content (AvgIpc) is 3.18. The molecule has 1 saturated carbocycles. The summed E-state index contributed by atoms with van der Waals surface area (Å²) in [5.74, 6) is 0.827. The molecule has 2 aromatic rings. The van der Waals surface area contributed by atoms with Crippen LogP contribution in [0.15, 0.2) is 45.7 Å². The van der Waals surface area contributed by atoms with Crippen LogP contribution in [0.2, 0.25) is 0 Å². The van der Waals surface area contributed by atoms with E-state index in [9.17, 15) is 4.79 Å². The molecule has 2 aromatic heterocycles. The Morgan fingerprint density at radius 3 is 2.81 bits per heavy atom. The fraction of sp³-hybridized carbons (Fsp3) is 0.375. The second kappa shape index (κ2) is 6.43. The van der Waals surface area contributed by atoms with Crippen molar-refractivity contribution >= 4 is 21.8 Å². The molecule has 2 heterocycles. The molecule has 3 rings (SSSR count). The highest BCUT2D eigenvalue weighted by atomic mass is 79.9. The minimum Gasteiger partial charge on any atom is -0.467 e. The van der Waals surface area contributed by atoms with Gasteiger partial charge >= 0.3 is 0 Å². The molecule has 1 aliphatic rings. The zero-order valence-electron chi connectivity index (χ0n) is 11.7. The van der Waals surface area contributed by atoms with Crippen molar-refractivity contribution < 1.29 is 9.21 Å². The minimum atomic E-state index is 0.0123. The summed E-state index contributed by atoms with van der Waals surface area (Å²) < 4.78 is 6.01. The van der Waals surface area contributed by atoms with Crippen LogP contribution in [0, 0.1) is 0 Å². The van der Waals surface area contributed by atoms with Crippen molar-refractivity contribution in [3.05, 3.63) is 52.7 Å². The second-order valence-electron chi connectivity index (χ2n) is 5.29. The van der Waals surface area contributed by atoms with Gasteiger partial charge in [-0.3, -0.25) is 4.79 Å². The summed E-state index contributed by atoms with van der Waals surface area (Å²) in [5, 5.41) is 0. The third kappa shape index (κ3) is 3.18. The van der Waals surface area contributed by atoms with Crippen LogP contribution in [0.3, 0.4) is 0 Å². The van der Waals surface area contributed by atoms with E-state index in [1.807, 2.05) is 23.1 Å². The van der Waals surface area contributed by atoms with Gasteiger partial charge in [-0.1, -0.05) is 12.8 Å². The van der Waals surface area contributed by atoms with E-state index in [1.54, 1.807) is 18.5 Å². The number of pyridine rings is 1. The quantitative estimate of drug-likeness (QED) is 0.783. The largest absolute Gasteiger partial charge is 0.467 e. The van der Waals surface area contributed by atoms with Crippen LogP contribution in [0.1, 0.15) is 41.8 Å². The molecular formula is C16H17BrN2O2. The lowest BCUT2D eigenvalue weighted by atomic mass is 10.1. The van der Waals surface area contributed by atoms with E-state index in [-0.39, 0.29) is 11.9 Å². The van der Waals surface area contributed by atoms with Gasteiger partial charge in [0.15, 0.2) is 0 Å². The van der Waals surface area contributed by atoms with Crippen molar-refractivity contribution in [1.82, 2.24) is 9.88 Å². The standard InChI is InChI=1S/C16H17BrN2O2/c17-15-14(8-3-9-18-15)16(20)19(12-5-1-2-6-12)11-13-7-4-10-21-13/h3-4,7-10,12H,1-2,5-6,11H2.